The Labute approximate surface area is 142 Å². The Morgan fingerprint density at radius 3 is 2.58 bits per heavy atom. The first-order valence-corrected chi connectivity index (χ1v) is 8.56. The minimum Gasteiger partial charge on any atom is -0.496 e. The van der Waals surface area contributed by atoms with E-state index < -0.39 is 0 Å². The molecule has 128 valence electrons. The van der Waals surface area contributed by atoms with Gasteiger partial charge in [0.05, 0.1) is 12.7 Å². The third-order valence-electron chi connectivity index (χ3n) is 4.68. The van der Waals surface area contributed by atoms with Gasteiger partial charge in [0.15, 0.2) is 11.5 Å². The lowest BCUT2D eigenvalue weighted by Crippen LogP contribution is -2.24. The first-order chi connectivity index (χ1) is 11.8. The van der Waals surface area contributed by atoms with Crippen molar-refractivity contribution in [3.8, 4) is 28.6 Å². The predicted octanol–water partition coefficient (Wildman–Crippen LogP) is 2.43. The highest BCUT2D eigenvalue weighted by atomic mass is 16.6. The standard InChI is InChI=1S/C18H23N3O3/c1-22-15-13-17-16(23-10-11-24-17)12-14(15)18-19-4-7-21(18)9-8-20-5-2-3-6-20/h4,7,12-13H,2-3,5-6,8-11H2,1H3. The summed E-state index contributed by atoms with van der Waals surface area (Å²) in [7, 11) is 1.67. The van der Waals surface area contributed by atoms with Gasteiger partial charge in [-0.2, -0.15) is 0 Å². The van der Waals surface area contributed by atoms with Crippen molar-refractivity contribution in [2.75, 3.05) is 40.0 Å². The Morgan fingerprint density at radius 2 is 1.83 bits per heavy atom. The molecular weight excluding hydrogens is 306 g/mol. The molecule has 1 aromatic heterocycles. The van der Waals surface area contributed by atoms with Crippen LogP contribution in [0.3, 0.4) is 0 Å². The van der Waals surface area contributed by atoms with Crippen molar-refractivity contribution < 1.29 is 14.2 Å². The zero-order chi connectivity index (χ0) is 16.4. The van der Waals surface area contributed by atoms with E-state index in [2.05, 4.69) is 14.5 Å². The van der Waals surface area contributed by atoms with Crippen molar-refractivity contribution in [1.29, 1.82) is 0 Å². The van der Waals surface area contributed by atoms with Crippen LogP contribution in [0, 0.1) is 0 Å². The SMILES string of the molecule is COc1cc2c(cc1-c1nccn1CCN1CCCC1)OCCO2. The van der Waals surface area contributed by atoms with E-state index in [1.165, 1.54) is 25.9 Å². The average molecular weight is 329 g/mol. The summed E-state index contributed by atoms with van der Waals surface area (Å²) in [5.74, 6) is 3.15. The molecule has 0 saturated carbocycles. The molecule has 2 aliphatic heterocycles. The van der Waals surface area contributed by atoms with Crippen molar-refractivity contribution in [2.24, 2.45) is 0 Å². The number of hydrogen-bond acceptors (Lipinski definition) is 5. The maximum atomic E-state index is 5.72. The zero-order valence-electron chi connectivity index (χ0n) is 14.0. The molecule has 0 radical (unpaired) electrons. The maximum Gasteiger partial charge on any atom is 0.165 e. The molecule has 1 fully saturated rings. The first-order valence-electron chi connectivity index (χ1n) is 8.56. The van der Waals surface area contributed by atoms with Crippen molar-refractivity contribution in [3.63, 3.8) is 0 Å². The van der Waals surface area contributed by atoms with Gasteiger partial charge in [0, 0.05) is 31.5 Å². The van der Waals surface area contributed by atoms with E-state index in [0.717, 1.165) is 41.7 Å². The van der Waals surface area contributed by atoms with E-state index >= 15 is 0 Å². The molecule has 0 atom stereocenters. The molecule has 1 aromatic carbocycles. The summed E-state index contributed by atoms with van der Waals surface area (Å²) in [6, 6.07) is 3.87. The first kappa shape index (κ1) is 15.3. The minimum atomic E-state index is 0.569. The van der Waals surface area contributed by atoms with Gasteiger partial charge in [-0.15, -0.1) is 0 Å². The molecule has 6 heteroatoms. The van der Waals surface area contributed by atoms with E-state index in [1.54, 1.807) is 7.11 Å². The fourth-order valence-electron chi connectivity index (χ4n) is 3.40. The van der Waals surface area contributed by atoms with Gasteiger partial charge in [0.1, 0.15) is 24.8 Å². The molecule has 0 spiro atoms. The molecule has 0 amide bonds. The van der Waals surface area contributed by atoms with Crippen LogP contribution in [0.2, 0.25) is 0 Å². The molecule has 1 saturated heterocycles. The molecule has 24 heavy (non-hydrogen) atoms. The van der Waals surface area contributed by atoms with Gasteiger partial charge in [0.25, 0.3) is 0 Å². The van der Waals surface area contributed by atoms with Crippen LogP contribution in [0.1, 0.15) is 12.8 Å². The predicted molar refractivity (Wildman–Crippen MR) is 90.9 cm³/mol. The molecule has 0 aliphatic carbocycles. The molecule has 0 unspecified atom stereocenters. The fraction of sp³-hybridized carbons (Fsp3) is 0.500. The molecule has 4 rings (SSSR count). The number of likely N-dealkylation sites (tertiary alicyclic amines) is 1. The molecule has 0 N–H and O–H groups in total. The highest BCUT2D eigenvalue weighted by Gasteiger charge is 2.20. The second kappa shape index (κ2) is 6.73. The lowest BCUT2D eigenvalue weighted by molar-refractivity contribution is 0.171. The Hall–Kier alpha value is -2.21. The van der Waals surface area contributed by atoms with Crippen molar-refractivity contribution in [3.05, 3.63) is 24.5 Å². The van der Waals surface area contributed by atoms with Crippen molar-refractivity contribution in [1.82, 2.24) is 14.5 Å². The summed E-state index contributed by atoms with van der Waals surface area (Å²) in [5, 5.41) is 0. The number of ether oxygens (including phenoxy) is 3. The van der Waals surface area contributed by atoms with Gasteiger partial charge in [-0.1, -0.05) is 0 Å². The topological polar surface area (TPSA) is 48.8 Å². The van der Waals surface area contributed by atoms with Gasteiger partial charge in [0.2, 0.25) is 0 Å². The van der Waals surface area contributed by atoms with E-state index in [9.17, 15) is 0 Å². The largest absolute Gasteiger partial charge is 0.496 e. The van der Waals surface area contributed by atoms with Gasteiger partial charge in [-0.05, 0) is 32.0 Å². The molecule has 0 bridgehead atoms. The van der Waals surface area contributed by atoms with E-state index in [4.69, 9.17) is 14.2 Å². The second-order valence-corrected chi connectivity index (χ2v) is 6.19. The third kappa shape index (κ3) is 2.94. The van der Waals surface area contributed by atoms with E-state index in [0.29, 0.717) is 13.2 Å². The Balaban J connectivity index is 1.62. The van der Waals surface area contributed by atoms with E-state index in [-0.39, 0.29) is 0 Å². The Kier molecular flexibility index (Phi) is 4.30. The van der Waals surface area contributed by atoms with Crippen molar-refractivity contribution in [2.45, 2.75) is 19.4 Å². The number of rotatable bonds is 5. The lowest BCUT2D eigenvalue weighted by Gasteiger charge is -2.21. The number of fused-ring (bicyclic) bond motifs is 1. The highest BCUT2D eigenvalue weighted by Crippen LogP contribution is 2.40. The highest BCUT2D eigenvalue weighted by molar-refractivity contribution is 5.70. The number of nitrogens with zero attached hydrogens (tertiary/aromatic N) is 3. The van der Waals surface area contributed by atoms with Crippen molar-refractivity contribution >= 4 is 0 Å². The van der Waals surface area contributed by atoms with Crippen LogP contribution in [0.15, 0.2) is 24.5 Å². The third-order valence-corrected chi connectivity index (χ3v) is 4.68. The van der Waals surface area contributed by atoms with Crippen LogP contribution in [0.5, 0.6) is 17.2 Å². The smallest absolute Gasteiger partial charge is 0.165 e. The Bertz CT molecular complexity index is 708. The summed E-state index contributed by atoms with van der Waals surface area (Å²) in [6.07, 6.45) is 6.50. The zero-order valence-corrected chi connectivity index (χ0v) is 14.0. The quantitative estimate of drug-likeness (QED) is 0.843. The van der Waals surface area contributed by atoms with Gasteiger partial charge in [-0.3, -0.25) is 0 Å². The minimum absolute atomic E-state index is 0.569. The number of aromatic nitrogens is 2. The number of methoxy groups -OCH3 is 1. The number of hydrogen-bond donors (Lipinski definition) is 0. The number of imidazole rings is 1. The van der Waals surface area contributed by atoms with Crippen LogP contribution >= 0.6 is 0 Å². The van der Waals surface area contributed by atoms with Gasteiger partial charge in [-0.25, -0.2) is 4.98 Å². The number of benzene rings is 1. The molecule has 2 aromatic rings. The van der Waals surface area contributed by atoms with Gasteiger partial charge >= 0.3 is 0 Å². The lowest BCUT2D eigenvalue weighted by atomic mass is 10.1. The van der Waals surface area contributed by atoms with E-state index in [1.807, 2.05) is 24.5 Å². The normalized spacial score (nSPS) is 17.2. The molecular formula is C18H23N3O3. The average Bonchev–Trinajstić information content (AvgIpc) is 3.30. The monoisotopic (exact) mass is 329 g/mol. The molecule has 2 aliphatic rings. The maximum absolute atomic E-state index is 5.72. The summed E-state index contributed by atoms with van der Waals surface area (Å²) in [6.45, 7) is 5.53. The fourth-order valence-corrected chi connectivity index (χ4v) is 3.40. The molecule has 6 nitrogen and oxygen atoms in total. The van der Waals surface area contributed by atoms with Crippen LogP contribution in [0.4, 0.5) is 0 Å². The van der Waals surface area contributed by atoms with Crippen LogP contribution in [-0.4, -0.2) is 54.4 Å². The summed E-state index contributed by atoms with van der Waals surface area (Å²) < 4.78 is 19.1. The van der Waals surface area contributed by atoms with Gasteiger partial charge < -0.3 is 23.7 Å². The summed E-state index contributed by atoms with van der Waals surface area (Å²) in [4.78, 5) is 7.06. The molecule has 3 heterocycles. The summed E-state index contributed by atoms with van der Waals surface area (Å²) >= 11 is 0. The van der Waals surface area contributed by atoms with Crippen LogP contribution in [0.25, 0.3) is 11.4 Å². The van der Waals surface area contributed by atoms with Crippen LogP contribution in [-0.2, 0) is 6.54 Å². The Morgan fingerprint density at radius 1 is 1.08 bits per heavy atom. The summed E-state index contributed by atoms with van der Waals surface area (Å²) in [5.41, 5.74) is 0.938. The second-order valence-electron chi connectivity index (χ2n) is 6.19. The van der Waals surface area contributed by atoms with Crippen LogP contribution < -0.4 is 14.2 Å².